The van der Waals surface area contributed by atoms with Gasteiger partial charge in [-0.1, -0.05) is 11.6 Å². The second-order valence-electron chi connectivity index (χ2n) is 3.99. The molecule has 7 heteroatoms. The summed E-state index contributed by atoms with van der Waals surface area (Å²) in [5.74, 6) is 0.423. The smallest absolute Gasteiger partial charge is 0.321 e. The Bertz CT molecular complexity index is 755. The van der Waals surface area contributed by atoms with Crippen molar-refractivity contribution in [2.75, 3.05) is 14.2 Å². The minimum absolute atomic E-state index is 0.227. The Kier molecular flexibility index (Phi) is 3.15. The molecule has 0 aliphatic rings. The molecule has 2 heterocycles. The van der Waals surface area contributed by atoms with Crippen LogP contribution >= 0.6 is 11.6 Å². The summed E-state index contributed by atoms with van der Waals surface area (Å²) in [4.78, 5) is 8.44. The molecule has 1 aromatic carbocycles. The van der Waals surface area contributed by atoms with E-state index >= 15 is 0 Å². The molecule has 0 spiro atoms. The van der Waals surface area contributed by atoms with Gasteiger partial charge in [-0.15, -0.1) is 0 Å². The van der Waals surface area contributed by atoms with Crippen molar-refractivity contribution in [1.29, 1.82) is 0 Å². The Morgan fingerprint density at radius 2 is 1.80 bits per heavy atom. The largest absolute Gasteiger partial charge is 0.480 e. The van der Waals surface area contributed by atoms with Crippen LogP contribution in [-0.2, 0) is 0 Å². The number of nitrogens with zero attached hydrogens (tertiary/aromatic N) is 4. The van der Waals surface area contributed by atoms with Crippen LogP contribution < -0.4 is 9.47 Å². The van der Waals surface area contributed by atoms with Gasteiger partial charge in [-0.2, -0.15) is 15.1 Å². The average molecular weight is 291 g/mol. The van der Waals surface area contributed by atoms with Gasteiger partial charge in [-0.3, -0.25) is 0 Å². The van der Waals surface area contributed by atoms with Gasteiger partial charge in [-0.25, -0.2) is 4.68 Å². The molecule has 0 bridgehead atoms. The van der Waals surface area contributed by atoms with Crippen LogP contribution in [0.5, 0.6) is 11.9 Å². The van der Waals surface area contributed by atoms with E-state index < -0.39 is 0 Å². The molecule has 0 N–H and O–H groups in total. The first-order valence-corrected chi connectivity index (χ1v) is 6.20. The van der Waals surface area contributed by atoms with E-state index in [0.717, 1.165) is 5.69 Å². The second kappa shape index (κ2) is 4.97. The number of methoxy groups -OCH3 is 2. The molecule has 0 radical (unpaired) electrons. The molecule has 0 saturated heterocycles. The zero-order chi connectivity index (χ0) is 14.1. The molecule has 0 atom stereocenters. The lowest BCUT2D eigenvalue weighted by molar-refractivity contribution is 0.356. The molecule has 0 saturated carbocycles. The summed E-state index contributed by atoms with van der Waals surface area (Å²) in [5.41, 5.74) is 1.45. The number of benzene rings is 1. The van der Waals surface area contributed by atoms with Crippen LogP contribution in [0.4, 0.5) is 0 Å². The van der Waals surface area contributed by atoms with Crippen LogP contribution in [0, 0.1) is 0 Å². The van der Waals surface area contributed by atoms with Gasteiger partial charge in [0.1, 0.15) is 5.39 Å². The molecule has 0 amide bonds. The van der Waals surface area contributed by atoms with Crippen molar-refractivity contribution in [3.8, 4) is 17.6 Å². The van der Waals surface area contributed by atoms with Gasteiger partial charge in [0.2, 0.25) is 5.88 Å². The van der Waals surface area contributed by atoms with Crippen molar-refractivity contribution >= 4 is 22.6 Å². The van der Waals surface area contributed by atoms with Gasteiger partial charge < -0.3 is 9.47 Å². The van der Waals surface area contributed by atoms with Crippen LogP contribution in [0.25, 0.3) is 16.7 Å². The predicted molar refractivity (Wildman–Crippen MR) is 74.8 cm³/mol. The van der Waals surface area contributed by atoms with Crippen LogP contribution in [-0.4, -0.2) is 34.0 Å². The van der Waals surface area contributed by atoms with E-state index in [4.69, 9.17) is 21.1 Å². The molecule has 102 valence electrons. The molecule has 6 nitrogen and oxygen atoms in total. The summed E-state index contributed by atoms with van der Waals surface area (Å²) in [6.45, 7) is 0. The van der Waals surface area contributed by atoms with E-state index in [1.807, 2.05) is 12.1 Å². The summed E-state index contributed by atoms with van der Waals surface area (Å²) in [6, 6.07) is 7.52. The van der Waals surface area contributed by atoms with E-state index in [1.54, 1.807) is 30.1 Å². The minimum atomic E-state index is 0.227. The summed E-state index contributed by atoms with van der Waals surface area (Å²) in [6.07, 6.45) is 1.65. The van der Waals surface area contributed by atoms with E-state index in [1.165, 1.54) is 7.11 Å². The molecule has 20 heavy (non-hydrogen) atoms. The summed E-state index contributed by atoms with van der Waals surface area (Å²) >= 11 is 5.89. The van der Waals surface area contributed by atoms with Gasteiger partial charge in [0.25, 0.3) is 0 Å². The number of ether oxygens (including phenoxy) is 2. The van der Waals surface area contributed by atoms with Crippen molar-refractivity contribution in [1.82, 2.24) is 19.7 Å². The molecule has 0 aliphatic heterocycles. The lowest BCUT2D eigenvalue weighted by Gasteiger charge is -2.06. The molecule has 3 aromatic rings. The fraction of sp³-hybridized carbons (Fsp3) is 0.154. The highest BCUT2D eigenvalue weighted by Gasteiger charge is 2.14. The predicted octanol–water partition coefficient (Wildman–Crippen LogP) is 2.49. The van der Waals surface area contributed by atoms with Crippen LogP contribution in [0.2, 0.25) is 5.02 Å². The van der Waals surface area contributed by atoms with Crippen molar-refractivity contribution in [2.24, 2.45) is 0 Å². The van der Waals surface area contributed by atoms with E-state index in [0.29, 0.717) is 21.9 Å². The fourth-order valence-electron chi connectivity index (χ4n) is 1.88. The van der Waals surface area contributed by atoms with Crippen LogP contribution in [0.3, 0.4) is 0 Å². The summed E-state index contributed by atoms with van der Waals surface area (Å²) in [7, 11) is 3.05. The average Bonchev–Trinajstić information content (AvgIpc) is 2.90. The maximum Gasteiger partial charge on any atom is 0.321 e. The van der Waals surface area contributed by atoms with Crippen molar-refractivity contribution in [2.45, 2.75) is 0 Å². The Labute approximate surface area is 119 Å². The quantitative estimate of drug-likeness (QED) is 0.741. The van der Waals surface area contributed by atoms with E-state index in [2.05, 4.69) is 15.1 Å². The SMILES string of the molecule is COc1nc(OC)c2cnn(-c3ccc(Cl)cc3)c2n1. The third-order valence-corrected chi connectivity index (χ3v) is 3.07. The molecule has 3 rings (SSSR count). The Morgan fingerprint density at radius 3 is 2.45 bits per heavy atom. The molecule has 2 aromatic heterocycles. The normalized spacial score (nSPS) is 10.8. The molecular weight excluding hydrogens is 280 g/mol. The first kappa shape index (κ1) is 12.7. The Morgan fingerprint density at radius 1 is 1.05 bits per heavy atom. The van der Waals surface area contributed by atoms with Gasteiger partial charge in [0.15, 0.2) is 5.65 Å². The first-order chi connectivity index (χ1) is 9.72. The van der Waals surface area contributed by atoms with Gasteiger partial charge in [-0.05, 0) is 24.3 Å². The maximum atomic E-state index is 5.89. The molecule has 0 unspecified atom stereocenters. The Hall–Kier alpha value is -2.34. The van der Waals surface area contributed by atoms with E-state index in [9.17, 15) is 0 Å². The van der Waals surface area contributed by atoms with Crippen molar-refractivity contribution in [3.63, 3.8) is 0 Å². The van der Waals surface area contributed by atoms with Crippen molar-refractivity contribution < 1.29 is 9.47 Å². The van der Waals surface area contributed by atoms with Crippen molar-refractivity contribution in [3.05, 3.63) is 35.5 Å². The zero-order valence-electron chi connectivity index (χ0n) is 10.9. The lowest BCUT2D eigenvalue weighted by Crippen LogP contribution is -2.01. The Balaban J connectivity index is 2.24. The fourth-order valence-corrected chi connectivity index (χ4v) is 2.01. The number of fused-ring (bicyclic) bond motifs is 1. The van der Waals surface area contributed by atoms with Gasteiger partial charge in [0.05, 0.1) is 26.1 Å². The summed E-state index contributed by atoms with van der Waals surface area (Å²) < 4.78 is 12.0. The minimum Gasteiger partial charge on any atom is -0.480 e. The standard InChI is InChI=1S/C13H11ClN4O2/c1-19-12-10-7-15-18(9-5-3-8(14)4-6-9)11(10)16-13(17-12)20-2/h3-7H,1-2H3. The number of hydrogen-bond donors (Lipinski definition) is 0. The lowest BCUT2D eigenvalue weighted by atomic mass is 10.3. The molecular formula is C13H11ClN4O2. The van der Waals surface area contributed by atoms with Gasteiger partial charge >= 0.3 is 6.01 Å². The number of rotatable bonds is 3. The third kappa shape index (κ3) is 2.04. The molecule has 0 fully saturated rings. The van der Waals surface area contributed by atoms with Crippen LogP contribution in [0.1, 0.15) is 0 Å². The highest BCUT2D eigenvalue weighted by Crippen LogP contribution is 2.26. The number of hydrogen-bond acceptors (Lipinski definition) is 5. The number of halogens is 1. The highest BCUT2D eigenvalue weighted by molar-refractivity contribution is 6.30. The third-order valence-electron chi connectivity index (χ3n) is 2.82. The monoisotopic (exact) mass is 290 g/mol. The second-order valence-corrected chi connectivity index (χ2v) is 4.43. The summed E-state index contributed by atoms with van der Waals surface area (Å²) in [5, 5.41) is 5.69. The molecule has 0 aliphatic carbocycles. The maximum absolute atomic E-state index is 5.89. The van der Waals surface area contributed by atoms with Crippen LogP contribution in [0.15, 0.2) is 30.5 Å². The van der Waals surface area contributed by atoms with Gasteiger partial charge in [0, 0.05) is 5.02 Å². The number of aromatic nitrogens is 4. The zero-order valence-corrected chi connectivity index (χ0v) is 11.6. The van der Waals surface area contributed by atoms with E-state index in [-0.39, 0.29) is 6.01 Å². The topological polar surface area (TPSA) is 62.1 Å². The first-order valence-electron chi connectivity index (χ1n) is 5.82. The highest BCUT2D eigenvalue weighted by atomic mass is 35.5.